The lowest BCUT2D eigenvalue weighted by molar-refractivity contribution is 0.238. The molecule has 2 atom stereocenters. The lowest BCUT2D eigenvalue weighted by Gasteiger charge is -2.21. The molecular formula is C17H27N5O. The maximum Gasteiger partial charge on any atom is 0.315 e. The van der Waals surface area contributed by atoms with E-state index < -0.39 is 0 Å². The van der Waals surface area contributed by atoms with E-state index in [1.165, 1.54) is 38.5 Å². The third kappa shape index (κ3) is 3.35. The molecule has 23 heavy (non-hydrogen) atoms. The molecule has 2 aliphatic carbocycles. The summed E-state index contributed by atoms with van der Waals surface area (Å²) < 4.78 is 2.19. The molecule has 0 spiro atoms. The van der Waals surface area contributed by atoms with Crippen LogP contribution in [0.5, 0.6) is 0 Å². The Morgan fingerprint density at radius 3 is 2.91 bits per heavy atom. The molecular weight excluding hydrogens is 290 g/mol. The molecule has 1 aromatic rings. The first kappa shape index (κ1) is 15.0. The Hall–Kier alpha value is -1.59. The number of amides is 2. The molecule has 0 saturated heterocycles. The van der Waals surface area contributed by atoms with Crippen molar-refractivity contribution in [2.45, 2.75) is 70.4 Å². The van der Waals surface area contributed by atoms with E-state index in [1.807, 2.05) is 0 Å². The number of carbonyl (C=O) groups is 1. The summed E-state index contributed by atoms with van der Waals surface area (Å²) in [4.78, 5) is 12.0. The van der Waals surface area contributed by atoms with Gasteiger partial charge < -0.3 is 15.2 Å². The zero-order valence-corrected chi connectivity index (χ0v) is 13.8. The van der Waals surface area contributed by atoms with Crippen LogP contribution in [0.2, 0.25) is 0 Å². The van der Waals surface area contributed by atoms with E-state index >= 15 is 0 Å². The third-order valence-corrected chi connectivity index (χ3v) is 5.73. The SMILES string of the molecule is O=C(NCCc1nnc2n1CCC2)N[C@@H]1C[C@H]1C1CCCCC1. The molecule has 2 N–H and O–H groups in total. The molecule has 0 unspecified atom stereocenters. The molecule has 1 aliphatic heterocycles. The quantitative estimate of drug-likeness (QED) is 0.873. The Bertz CT molecular complexity index is 563. The molecule has 1 aromatic heterocycles. The van der Waals surface area contributed by atoms with Crippen LogP contribution in [-0.4, -0.2) is 33.4 Å². The van der Waals surface area contributed by atoms with Crippen molar-refractivity contribution in [1.29, 1.82) is 0 Å². The molecule has 2 heterocycles. The molecule has 3 aliphatic rings. The van der Waals surface area contributed by atoms with Gasteiger partial charge in [-0.3, -0.25) is 0 Å². The van der Waals surface area contributed by atoms with E-state index in [0.29, 0.717) is 12.6 Å². The van der Waals surface area contributed by atoms with Crippen LogP contribution in [0.3, 0.4) is 0 Å². The third-order valence-electron chi connectivity index (χ3n) is 5.73. The second kappa shape index (κ2) is 6.49. The number of rotatable bonds is 5. The van der Waals surface area contributed by atoms with Crippen molar-refractivity contribution in [2.75, 3.05) is 6.54 Å². The van der Waals surface area contributed by atoms with Crippen LogP contribution in [0, 0.1) is 11.8 Å². The van der Waals surface area contributed by atoms with Crippen LogP contribution >= 0.6 is 0 Å². The van der Waals surface area contributed by atoms with E-state index in [4.69, 9.17) is 0 Å². The van der Waals surface area contributed by atoms with E-state index in [1.54, 1.807) is 0 Å². The zero-order chi connectivity index (χ0) is 15.6. The highest BCUT2D eigenvalue weighted by atomic mass is 16.2. The Morgan fingerprint density at radius 2 is 2.04 bits per heavy atom. The minimum absolute atomic E-state index is 0.0190. The van der Waals surface area contributed by atoms with E-state index in [0.717, 1.165) is 49.3 Å². The minimum Gasteiger partial charge on any atom is -0.338 e. The van der Waals surface area contributed by atoms with Gasteiger partial charge in [-0.1, -0.05) is 32.1 Å². The van der Waals surface area contributed by atoms with Gasteiger partial charge in [-0.25, -0.2) is 4.79 Å². The van der Waals surface area contributed by atoms with Crippen LogP contribution in [0.1, 0.15) is 56.6 Å². The van der Waals surface area contributed by atoms with Gasteiger partial charge in [0.25, 0.3) is 0 Å². The maximum absolute atomic E-state index is 12.0. The number of fused-ring (bicyclic) bond motifs is 1. The first-order chi connectivity index (χ1) is 11.3. The predicted octanol–water partition coefficient (Wildman–Crippen LogP) is 2.03. The van der Waals surface area contributed by atoms with E-state index in [9.17, 15) is 4.79 Å². The molecule has 126 valence electrons. The summed E-state index contributed by atoms with van der Waals surface area (Å²) in [6.45, 7) is 1.65. The van der Waals surface area contributed by atoms with Gasteiger partial charge in [0, 0.05) is 32.0 Å². The molecule has 2 saturated carbocycles. The van der Waals surface area contributed by atoms with Crippen molar-refractivity contribution in [3.05, 3.63) is 11.6 Å². The number of carbonyl (C=O) groups excluding carboxylic acids is 1. The Labute approximate surface area is 137 Å². The monoisotopic (exact) mass is 317 g/mol. The topological polar surface area (TPSA) is 71.8 Å². The fourth-order valence-corrected chi connectivity index (χ4v) is 4.37. The molecule has 0 aromatic carbocycles. The normalized spacial score (nSPS) is 26.8. The fraction of sp³-hybridized carbons (Fsp3) is 0.824. The van der Waals surface area contributed by atoms with Gasteiger partial charge in [0.05, 0.1) is 0 Å². The van der Waals surface area contributed by atoms with Crippen molar-refractivity contribution in [1.82, 2.24) is 25.4 Å². The van der Waals surface area contributed by atoms with Gasteiger partial charge in [0.1, 0.15) is 11.6 Å². The van der Waals surface area contributed by atoms with Crippen LogP contribution in [0.15, 0.2) is 0 Å². The second-order valence-electron chi connectivity index (χ2n) is 7.34. The molecule has 0 bridgehead atoms. The first-order valence-corrected chi connectivity index (χ1v) is 9.26. The summed E-state index contributed by atoms with van der Waals surface area (Å²) in [5, 5.41) is 14.5. The van der Waals surface area contributed by atoms with Crippen LogP contribution in [0.4, 0.5) is 4.79 Å². The lowest BCUT2D eigenvalue weighted by Crippen LogP contribution is -2.39. The van der Waals surface area contributed by atoms with Gasteiger partial charge in [-0.2, -0.15) is 0 Å². The van der Waals surface area contributed by atoms with Gasteiger partial charge >= 0.3 is 6.03 Å². The van der Waals surface area contributed by atoms with Crippen molar-refractivity contribution in [2.24, 2.45) is 11.8 Å². The molecule has 6 heteroatoms. The zero-order valence-electron chi connectivity index (χ0n) is 13.8. The standard InChI is InChI=1S/C17H27N5O/c23-17(19-14-11-13(14)12-5-2-1-3-6-12)18-9-8-16-21-20-15-7-4-10-22(15)16/h12-14H,1-11H2,(H2,18,19,23)/t13-,14+/m0/s1. The number of aryl methyl sites for hydroxylation is 1. The number of aromatic nitrogens is 3. The molecule has 6 nitrogen and oxygen atoms in total. The summed E-state index contributed by atoms with van der Waals surface area (Å²) >= 11 is 0. The number of urea groups is 1. The van der Waals surface area contributed by atoms with Crippen LogP contribution in [0.25, 0.3) is 0 Å². The largest absolute Gasteiger partial charge is 0.338 e. The number of nitrogens with one attached hydrogen (secondary N) is 2. The average Bonchev–Trinajstić information content (AvgIpc) is 2.99. The van der Waals surface area contributed by atoms with Crippen molar-refractivity contribution < 1.29 is 4.79 Å². The first-order valence-electron chi connectivity index (χ1n) is 9.26. The highest BCUT2D eigenvalue weighted by molar-refractivity contribution is 5.74. The predicted molar refractivity (Wildman–Crippen MR) is 87.1 cm³/mol. The van der Waals surface area contributed by atoms with Crippen LogP contribution in [-0.2, 0) is 19.4 Å². The lowest BCUT2D eigenvalue weighted by atomic mass is 9.85. The number of hydrogen-bond acceptors (Lipinski definition) is 3. The number of nitrogens with zero attached hydrogens (tertiary/aromatic N) is 3. The summed E-state index contributed by atoms with van der Waals surface area (Å²) in [6.07, 6.45) is 11.0. The Morgan fingerprint density at radius 1 is 1.17 bits per heavy atom. The maximum atomic E-state index is 12.0. The Balaban J connectivity index is 1.16. The van der Waals surface area contributed by atoms with Crippen molar-refractivity contribution in [3.63, 3.8) is 0 Å². The smallest absolute Gasteiger partial charge is 0.315 e. The second-order valence-corrected chi connectivity index (χ2v) is 7.34. The van der Waals surface area contributed by atoms with Crippen molar-refractivity contribution >= 4 is 6.03 Å². The summed E-state index contributed by atoms with van der Waals surface area (Å²) in [6, 6.07) is 0.393. The average molecular weight is 317 g/mol. The molecule has 4 rings (SSSR count). The van der Waals surface area contributed by atoms with Gasteiger partial charge in [-0.05, 0) is 24.7 Å². The van der Waals surface area contributed by atoms with Gasteiger partial charge in [0.15, 0.2) is 0 Å². The summed E-state index contributed by atoms with van der Waals surface area (Å²) in [7, 11) is 0. The summed E-state index contributed by atoms with van der Waals surface area (Å²) in [5.74, 6) is 3.69. The van der Waals surface area contributed by atoms with E-state index in [2.05, 4.69) is 25.4 Å². The fourth-order valence-electron chi connectivity index (χ4n) is 4.37. The molecule has 0 radical (unpaired) electrons. The highest BCUT2D eigenvalue weighted by Gasteiger charge is 2.43. The summed E-state index contributed by atoms with van der Waals surface area (Å²) in [5.41, 5.74) is 0. The minimum atomic E-state index is -0.0190. The number of hydrogen-bond donors (Lipinski definition) is 2. The molecule has 2 amide bonds. The van der Waals surface area contributed by atoms with Gasteiger partial charge in [-0.15, -0.1) is 10.2 Å². The Kier molecular flexibility index (Phi) is 4.23. The van der Waals surface area contributed by atoms with E-state index in [-0.39, 0.29) is 6.03 Å². The highest BCUT2D eigenvalue weighted by Crippen LogP contribution is 2.44. The molecule has 2 fully saturated rings. The van der Waals surface area contributed by atoms with Crippen molar-refractivity contribution in [3.8, 4) is 0 Å². The van der Waals surface area contributed by atoms with Crippen LogP contribution < -0.4 is 10.6 Å². The van der Waals surface area contributed by atoms with Gasteiger partial charge in [0.2, 0.25) is 0 Å².